The van der Waals surface area contributed by atoms with E-state index in [9.17, 15) is 0 Å². The van der Waals surface area contributed by atoms with Gasteiger partial charge in [-0.15, -0.1) is 0 Å². The van der Waals surface area contributed by atoms with Crippen LogP contribution in [-0.2, 0) is 0 Å². The molecule has 0 bridgehead atoms. The largest absolute Gasteiger partial charge is 0.312 e. The molecule has 0 aromatic rings. The molecule has 1 aliphatic heterocycles. The van der Waals surface area contributed by atoms with Crippen molar-refractivity contribution in [3.63, 3.8) is 0 Å². The Labute approximate surface area is 88.1 Å². The van der Waals surface area contributed by atoms with E-state index in [1.165, 1.54) is 38.8 Å². The molecule has 0 spiro atoms. The Morgan fingerprint density at radius 2 is 2.14 bits per heavy atom. The smallest absolute Gasteiger partial charge is 0.0197 e. The van der Waals surface area contributed by atoms with Crippen LogP contribution >= 0.6 is 0 Å². The fourth-order valence-electron chi connectivity index (χ4n) is 2.68. The molecule has 0 aromatic carbocycles. The predicted molar refractivity (Wildman–Crippen MR) is 60.5 cm³/mol. The van der Waals surface area contributed by atoms with E-state index >= 15 is 0 Å². The Kier molecular flexibility index (Phi) is 2.85. The third-order valence-electron chi connectivity index (χ3n) is 3.78. The van der Waals surface area contributed by atoms with Crippen LogP contribution in [0.5, 0.6) is 0 Å². The summed E-state index contributed by atoms with van der Waals surface area (Å²) < 4.78 is 0. The van der Waals surface area contributed by atoms with Gasteiger partial charge in [0.15, 0.2) is 0 Å². The summed E-state index contributed by atoms with van der Waals surface area (Å²) in [6.45, 7) is 9.60. The molecule has 82 valence electrons. The lowest BCUT2D eigenvalue weighted by molar-refractivity contribution is 0.123. The molecule has 1 aliphatic carbocycles. The van der Waals surface area contributed by atoms with Crippen LogP contribution in [0.15, 0.2) is 0 Å². The highest BCUT2D eigenvalue weighted by atomic mass is 15.2. The van der Waals surface area contributed by atoms with Gasteiger partial charge < -0.3 is 5.32 Å². The molecular weight excluding hydrogens is 172 g/mol. The topological polar surface area (TPSA) is 15.3 Å². The zero-order valence-corrected chi connectivity index (χ0v) is 9.84. The van der Waals surface area contributed by atoms with E-state index in [1.54, 1.807) is 0 Å². The summed E-state index contributed by atoms with van der Waals surface area (Å²) >= 11 is 0. The fourth-order valence-corrected chi connectivity index (χ4v) is 2.68. The van der Waals surface area contributed by atoms with Crippen molar-refractivity contribution < 1.29 is 0 Å². The molecule has 2 fully saturated rings. The van der Waals surface area contributed by atoms with Crippen LogP contribution in [0.4, 0.5) is 0 Å². The number of rotatable bonds is 4. The third kappa shape index (κ3) is 2.29. The average Bonchev–Trinajstić information content (AvgIpc) is 2.86. The Morgan fingerprint density at radius 1 is 1.43 bits per heavy atom. The maximum absolute atomic E-state index is 3.63. The lowest BCUT2D eigenvalue weighted by atomic mass is 10.0. The molecule has 1 heterocycles. The van der Waals surface area contributed by atoms with Gasteiger partial charge in [-0.2, -0.15) is 0 Å². The average molecular weight is 196 g/mol. The van der Waals surface area contributed by atoms with Crippen LogP contribution in [-0.4, -0.2) is 35.6 Å². The van der Waals surface area contributed by atoms with E-state index < -0.39 is 0 Å². The van der Waals surface area contributed by atoms with Crippen molar-refractivity contribution in [1.29, 1.82) is 0 Å². The Hall–Kier alpha value is -0.0800. The van der Waals surface area contributed by atoms with Gasteiger partial charge in [0.1, 0.15) is 0 Å². The molecule has 2 rings (SSSR count). The molecule has 1 unspecified atom stereocenters. The molecular formula is C12H24N2. The van der Waals surface area contributed by atoms with Crippen molar-refractivity contribution >= 4 is 0 Å². The lowest BCUT2D eigenvalue weighted by Gasteiger charge is -2.36. The zero-order chi connectivity index (χ0) is 10.2. The van der Waals surface area contributed by atoms with Gasteiger partial charge in [-0.3, -0.25) is 4.90 Å². The minimum atomic E-state index is 0.435. The first kappa shape index (κ1) is 10.4. The standard InChI is InChI=1S/C12H24N2/c1-10(9-13-11-5-6-11)14-8-4-7-12(14,2)3/h10-11,13H,4-9H2,1-3H3. The lowest BCUT2D eigenvalue weighted by Crippen LogP contribution is -2.48. The second kappa shape index (κ2) is 3.82. The van der Waals surface area contributed by atoms with Crippen molar-refractivity contribution in [2.75, 3.05) is 13.1 Å². The third-order valence-corrected chi connectivity index (χ3v) is 3.78. The minimum absolute atomic E-state index is 0.435. The summed E-state index contributed by atoms with van der Waals surface area (Å²) in [7, 11) is 0. The first-order valence-electron chi connectivity index (χ1n) is 6.10. The van der Waals surface area contributed by atoms with Gasteiger partial charge in [-0.25, -0.2) is 0 Å². The van der Waals surface area contributed by atoms with Gasteiger partial charge in [0.2, 0.25) is 0 Å². The summed E-state index contributed by atoms with van der Waals surface area (Å²) in [6, 6.07) is 1.55. The summed E-state index contributed by atoms with van der Waals surface area (Å²) in [6.07, 6.45) is 5.54. The molecule has 2 nitrogen and oxygen atoms in total. The van der Waals surface area contributed by atoms with Crippen LogP contribution in [0.3, 0.4) is 0 Å². The van der Waals surface area contributed by atoms with E-state index in [4.69, 9.17) is 0 Å². The SMILES string of the molecule is CC(CNC1CC1)N1CCCC1(C)C. The van der Waals surface area contributed by atoms with E-state index in [0.717, 1.165) is 6.04 Å². The molecule has 1 N–H and O–H groups in total. The number of likely N-dealkylation sites (tertiary alicyclic amines) is 1. The van der Waals surface area contributed by atoms with Gasteiger partial charge >= 0.3 is 0 Å². The number of nitrogens with one attached hydrogen (secondary N) is 1. The number of hydrogen-bond donors (Lipinski definition) is 1. The van der Waals surface area contributed by atoms with Crippen molar-refractivity contribution in [1.82, 2.24) is 10.2 Å². The molecule has 0 aromatic heterocycles. The molecule has 1 saturated heterocycles. The molecule has 0 radical (unpaired) electrons. The molecule has 14 heavy (non-hydrogen) atoms. The van der Waals surface area contributed by atoms with Crippen LogP contribution in [0.1, 0.15) is 46.5 Å². The van der Waals surface area contributed by atoms with E-state index in [0.29, 0.717) is 11.6 Å². The minimum Gasteiger partial charge on any atom is -0.312 e. The van der Waals surface area contributed by atoms with Gasteiger partial charge in [0, 0.05) is 24.2 Å². The summed E-state index contributed by atoms with van der Waals surface area (Å²) in [5, 5.41) is 3.63. The molecule has 0 amide bonds. The quantitative estimate of drug-likeness (QED) is 0.740. The van der Waals surface area contributed by atoms with Crippen LogP contribution < -0.4 is 5.32 Å². The van der Waals surface area contributed by atoms with Crippen LogP contribution in [0, 0.1) is 0 Å². The van der Waals surface area contributed by atoms with E-state index in [2.05, 4.69) is 31.0 Å². The molecule has 1 saturated carbocycles. The Balaban J connectivity index is 1.80. The van der Waals surface area contributed by atoms with Crippen molar-refractivity contribution in [3.05, 3.63) is 0 Å². The molecule has 2 aliphatic rings. The second-order valence-electron chi connectivity index (χ2n) is 5.64. The first-order chi connectivity index (χ1) is 6.59. The highest BCUT2D eigenvalue weighted by Crippen LogP contribution is 2.30. The van der Waals surface area contributed by atoms with Gasteiger partial charge in [-0.1, -0.05) is 0 Å². The summed E-state index contributed by atoms with van der Waals surface area (Å²) in [5.74, 6) is 0. The molecule has 1 atom stereocenters. The number of hydrogen-bond acceptors (Lipinski definition) is 2. The highest BCUT2D eigenvalue weighted by molar-refractivity contribution is 4.92. The van der Waals surface area contributed by atoms with Crippen LogP contribution in [0.25, 0.3) is 0 Å². The monoisotopic (exact) mass is 196 g/mol. The van der Waals surface area contributed by atoms with Gasteiger partial charge in [0.05, 0.1) is 0 Å². The predicted octanol–water partition coefficient (Wildman–Crippen LogP) is 2.00. The fraction of sp³-hybridized carbons (Fsp3) is 1.00. The van der Waals surface area contributed by atoms with Crippen molar-refractivity contribution in [3.8, 4) is 0 Å². The summed E-state index contributed by atoms with van der Waals surface area (Å²) in [5.41, 5.74) is 0.435. The zero-order valence-electron chi connectivity index (χ0n) is 9.84. The van der Waals surface area contributed by atoms with Crippen LogP contribution in [0.2, 0.25) is 0 Å². The maximum atomic E-state index is 3.63. The normalized spacial score (nSPS) is 29.4. The first-order valence-corrected chi connectivity index (χ1v) is 6.10. The molecule has 2 heteroatoms. The highest BCUT2D eigenvalue weighted by Gasteiger charge is 2.35. The Morgan fingerprint density at radius 3 is 2.64 bits per heavy atom. The summed E-state index contributed by atoms with van der Waals surface area (Å²) in [4.78, 5) is 2.67. The van der Waals surface area contributed by atoms with Gasteiger partial charge in [-0.05, 0) is 53.0 Å². The van der Waals surface area contributed by atoms with E-state index in [-0.39, 0.29) is 0 Å². The van der Waals surface area contributed by atoms with Gasteiger partial charge in [0.25, 0.3) is 0 Å². The number of nitrogens with zero attached hydrogens (tertiary/aromatic N) is 1. The van der Waals surface area contributed by atoms with Crippen molar-refractivity contribution in [2.45, 2.75) is 64.1 Å². The van der Waals surface area contributed by atoms with E-state index in [1.807, 2.05) is 0 Å². The maximum Gasteiger partial charge on any atom is 0.0197 e. The Bertz CT molecular complexity index is 196. The van der Waals surface area contributed by atoms with Crippen molar-refractivity contribution in [2.24, 2.45) is 0 Å². The second-order valence-corrected chi connectivity index (χ2v) is 5.64.